The molecule has 1 aromatic rings. The number of rotatable bonds is 3. The van der Waals surface area contributed by atoms with Crippen LogP contribution in [0.1, 0.15) is 30.6 Å². The molecule has 80 valence electrons. The molecule has 0 aliphatic heterocycles. The molecule has 0 bridgehead atoms. The zero-order chi connectivity index (χ0) is 10.7. The van der Waals surface area contributed by atoms with Gasteiger partial charge in [0.1, 0.15) is 0 Å². The normalized spacial score (nSPS) is 18.3. The largest absolute Gasteiger partial charge is 0.478 e. The minimum absolute atomic E-state index is 0.471. The second-order valence-corrected chi connectivity index (χ2v) is 4.86. The van der Waals surface area contributed by atoms with Crippen LogP contribution in [0.4, 0.5) is 0 Å². The summed E-state index contributed by atoms with van der Waals surface area (Å²) in [6.07, 6.45) is 6.70. The fraction of sp³-hybridized carbons (Fsp3) is 0.417. The summed E-state index contributed by atoms with van der Waals surface area (Å²) in [6.45, 7) is 0. The lowest BCUT2D eigenvalue weighted by Crippen LogP contribution is -2.00. The Hall–Kier alpha value is -1.09. The highest BCUT2D eigenvalue weighted by Crippen LogP contribution is 2.30. The van der Waals surface area contributed by atoms with Crippen molar-refractivity contribution in [2.24, 2.45) is 5.92 Å². The van der Waals surface area contributed by atoms with Gasteiger partial charge in [-0.05, 0) is 30.2 Å². The second-order valence-electron chi connectivity index (χ2n) is 3.91. The van der Waals surface area contributed by atoms with E-state index in [0.29, 0.717) is 11.5 Å². The highest BCUT2D eigenvalue weighted by Gasteiger charge is 2.17. The van der Waals surface area contributed by atoms with Crippen LogP contribution < -0.4 is 0 Å². The molecule has 0 radical (unpaired) electrons. The minimum Gasteiger partial charge on any atom is -0.478 e. The fourth-order valence-electron chi connectivity index (χ4n) is 2.05. The number of carboxylic acid groups (broad SMARTS) is 1. The molecule has 2 nitrogen and oxygen atoms in total. The molecule has 0 spiro atoms. The standard InChI is InChI=1S/C12H14O2S/c13-12(14)10(11-6-3-7-15-11)8-9-4-1-2-5-9/h3,6-9H,1-2,4-5H2,(H,13,14). The van der Waals surface area contributed by atoms with E-state index in [-0.39, 0.29) is 0 Å². The summed E-state index contributed by atoms with van der Waals surface area (Å²) in [7, 11) is 0. The van der Waals surface area contributed by atoms with E-state index in [9.17, 15) is 4.79 Å². The van der Waals surface area contributed by atoms with Gasteiger partial charge in [-0.3, -0.25) is 0 Å². The first-order valence-electron chi connectivity index (χ1n) is 5.26. The van der Waals surface area contributed by atoms with Gasteiger partial charge < -0.3 is 5.11 Å². The molecule has 1 N–H and O–H groups in total. The molecule has 0 unspecified atom stereocenters. The van der Waals surface area contributed by atoms with Crippen molar-refractivity contribution in [1.82, 2.24) is 0 Å². The fourth-order valence-corrected chi connectivity index (χ4v) is 2.79. The predicted octanol–water partition coefficient (Wildman–Crippen LogP) is 3.41. The van der Waals surface area contributed by atoms with Crippen molar-refractivity contribution in [2.75, 3.05) is 0 Å². The van der Waals surface area contributed by atoms with E-state index in [1.807, 2.05) is 23.6 Å². The van der Waals surface area contributed by atoms with Gasteiger partial charge in [0.15, 0.2) is 0 Å². The molecule has 1 heterocycles. The van der Waals surface area contributed by atoms with E-state index < -0.39 is 5.97 Å². The number of thiophene rings is 1. The molecule has 1 aromatic heterocycles. The maximum atomic E-state index is 11.1. The van der Waals surface area contributed by atoms with Gasteiger partial charge in [-0.1, -0.05) is 25.0 Å². The molecular formula is C12H14O2S. The molecule has 1 aliphatic carbocycles. The van der Waals surface area contributed by atoms with E-state index in [1.54, 1.807) is 0 Å². The van der Waals surface area contributed by atoms with Gasteiger partial charge in [0.2, 0.25) is 0 Å². The third kappa shape index (κ3) is 2.48. The number of aliphatic carboxylic acids is 1. The Morgan fingerprint density at radius 2 is 2.20 bits per heavy atom. The Labute approximate surface area is 93.3 Å². The Morgan fingerprint density at radius 1 is 1.47 bits per heavy atom. The minimum atomic E-state index is -0.802. The van der Waals surface area contributed by atoms with Crippen LogP contribution in [-0.4, -0.2) is 11.1 Å². The van der Waals surface area contributed by atoms with Crippen molar-refractivity contribution in [1.29, 1.82) is 0 Å². The zero-order valence-electron chi connectivity index (χ0n) is 8.48. The summed E-state index contributed by atoms with van der Waals surface area (Å²) < 4.78 is 0. The molecule has 0 saturated heterocycles. The lowest BCUT2D eigenvalue weighted by Gasteiger charge is -2.04. The third-order valence-corrected chi connectivity index (χ3v) is 3.72. The van der Waals surface area contributed by atoms with E-state index in [0.717, 1.165) is 17.7 Å². The van der Waals surface area contributed by atoms with Crippen LogP contribution >= 0.6 is 11.3 Å². The first kappa shape index (κ1) is 10.4. The average molecular weight is 222 g/mol. The molecule has 1 fully saturated rings. The third-order valence-electron chi connectivity index (χ3n) is 2.82. The smallest absolute Gasteiger partial charge is 0.336 e. The van der Waals surface area contributed by atoms with Crippen LogP contribution in [0.3, 0.4) is 0 Å². The van der Waals surface area contributed by atoms with Crippen LogP contribution in [0.2, 0.25) is 0 Å². The Kier molecular flexibility index (Phi) is 3.21. The van der Waals surface area contributed by atoms with Gasteiger partial charge in [-0.25, -0.2) is 4.79 Å². The first-order chi connectivity index (χ1) is 7.27. The van der Waals surface area contributed by atoms with Crippen LogP contribution in [0.25, 0.3) is 5.57 Å². The monoisotopic (exact) mass is 222 g/mol. The average Bonchev–Trinajstić information content (AvgIpc) is 2.87. The van der Waals surface area contributed by atoms with Crippen LogP contribution in [-0.2, 0) is 4.79 Å². The Morgan fingerprint density at radius 3 is 2.73 bits per heavy atom. The summed E-state index contributed by atoms with van der Waals surface area (Å²) in [5, 5.41) is 11.1. The van der Waals surface area contributed by atoms with Crippen molar-refractivity contribution in [3.8, 4) is 0 Å². The highest BCUT2D eigenvalue weighted by molar-refractivity contribution is 7.11. The van der Waals surface area contributed by atoms with Crippen molar-refractivity contribution in [2.45, 2.75) is 25.7 Å². The summed E-state index contributed by atoms with van der Waals surface area (Å²) in [4.78, 5) is 12.0. The number of carbonyl (C=O) groups is 1. The quantitative estimate of drug-likeness (QED) is 0.796. The number of allylic oxidation sites excluding steroid dienone is 1. The topological polar surface area (TPSA) is 37.3 Å². The zero-order valence-corrected chi connectivity index (χ0v) is 9.30. The van der Waals surface area contributed by atoms with Crippen LogP contribution in [0.15, 0.2) is 23.6 Å². The van der Waals surface area contributed by atoms with E-state index in [4.69, 9.17) is 5.11 Å². The molecule has 0 amide bonds. The molecule has 0 aromatic carbocycles. The Balaban J connectivity index is 2.23. The van der Waals surface area contributed by atoms with Crippen molar-refractivity contribution in [3.63, 3.8) is 0 Å². The van der Waals surface area contributed by atoms with E-state index >= 15 is 0 Å². The molecule has 3 heteroatoms. The van der Waals surface area contributed by atoms with Crippen molar-refractivity contribution < 1.29 is 9.90 Å². The van der Waals surface area contributed by atoms with E-state index in [1.165, 1.54) is 24.2 Å². The maximum Gasteiger partial charge on any atom is 0.336 e. The number of carboxylic acids is 1. The van der Waals surface area contributed by atoms with Gasteiger partial charge in [0.25, 0.3) is 0 Å². The van der Waals surface area contributed by atoms with Gasteiger partial charge in [0, 0.05) is 4.88 Å². The van der Waals surface area contributed by atoms with Crippen molar-refractivity contribution in [3.05, 3.63) is 28.5 Å². The summed E-state index contributed by atoms with van der Waals surface area (Å²) in [5.74, 6) is -0.331. The number of hydrogen-bond donors (Lipinski definition) is 1. The molecule has 0 atom stereocenters. The van der Waals surface area contributed by atoms with Crippen LogP contribution in [0, 0.1) is 5.92 Å². The maximum absolute atomic E-state index is 11.1. The molecule has 2 rings (SSSR count). The Bertz CT molecular complexity index is 359. The second kappa shape index (κ2) is 4.62. The molecule has 1 aliphatic rings. The molecule has 1 saturated carbocycles. The molecular weight excluding hydrogens is 208 g/mol. The lowest BCUT2D eigenvalue weighted by molar-refractivity contribution is -0.130. The van der Waals surface area contributed by atoms with Gasteiger partial charge in [-0.2, -0.15) is 0 Å². The first-order valence-corrected chi connectivity index (χ1v) is 6.14. The van der Waals surface area contributed by atoms with Gasteiger partial charge in [0.05, 0.1) is 5.57 Å². The summed E-state index contributed by atoms with van der Waals surface area (Å²) >= 11 is 1.49. The highest BCUT2D eigenvalue weighted by atomic mass is 32.1. The SMILES string of the molecule is O=C(O)C(=CC1CCCC1)c1cccs1. The van der Waals surface area contributed by atoms with Gasteiger partial charge >= 0.3 is 5.97 Å². The van der Waals surface area contributed by atoms with E-state index in [2.05, 4.69) is 0 Å². The van der Waals surface area contributed by atoms with Gasteiger partial charge in [-0.15, -0.1) is 11.3 Å². The van der Waals surface area contributed by atoms with Crippen LogP contribution in [0.5, 0.6) is 0 Å². The predicted molar refractivity (Wildman–Crippen MR) is 61.9 cm³/mol. The lowest BCUT2D eigenvalue weighted by atomic mass is 10.0. The summed E-state index contributed by atoms with van der Waals surface area (Å²) in [5.41, 5.74) is 0.483. The number of hydrogen-bond acceptors (Lipinski definition) is 2. The van der Waals surface area contributed by atoms with Crippen molar-refractivity contribution >= 4 is 22.9 Å². The summed E-state index contributed by atoms with van der Waals surface area (Å²) in [6, 6.07) is 3.77. The molecule has 15 heavy (non-hydrogen) atoms.